The molecule has 3 N–H and O–H groups in total. The number of nitrogens with two attached hydrogens (primary N) is 1. The predicted molar refractivity (Wildman–Crippen MR) is 77.9 cm³/mol. The van der Waals surface area contributed by atoms with Gasteiger partial charge in [0.2, 0.25) is 5.91 Å². The zero-order chi connectivity index (χ0) is 13.8. The van der Waals surface area contributed by atoms with E-state index in [1.54, 1.807) is 32.0 Å². The van der Waals surface area contributed by atoms with E-state index in [0.717, 1.165) is 0 Å². The molecule has 19 heavy (non-hydrogen) atoms. The Morgan fingerprint density at radius 2 is 2.00 bits per heavy atom. The van der Waals surface area contributed by atoms with Gasteiger partial charge in [0.15, 0.2) is 0 Å². The van der Waals surface area contributed by atoms with E-state index in [-0.39, 0.29) is 30.0 Å². The van der Waals surface area contributed by atoms with E-state index in [9.17, 15) is 9.18 Å². The molecule has 108 valence electrons. The molecule has 0 bridgehead atoms. The van der Waals surface area contributed by atoms with Gasteiger partial charge in [-0.2, -0.15) is 0 Å². The lowest BCUT2D eigenvalue weighted by molar-refractivity contribution is -0.125. The summed E-state index contributed by atoms with van der Waals surface area (Å²) < 4.78 is 13.7. The third-order valence-electron chi connectivity index (χ3n) is 3.13. The summed E-state index contributed by atoms with van der Waals surface area (Å²) >= 11 is 0. The van der Waals surface area contributed by atoms with Gasteiger partial charge >= 0.3 is 0 Å². The third kappa shape index (κ3) is 4.48. The SMILES string of the molecule is CC(CN)CNC(=O)C(C)(C)c1ccccc1F.Cl. The second-order valence-electron chi connectivity index (χ2n) is 5.16. The molecule has 0 aliphatic heterocycles. The molecular weight excluding hydrogens is 267 g/mol. The van der Waals surface area contributed by atoms with Crippen molar-refractivity contribution < 1.29 is 9.18 Å². The Hall–Kier alpha value is -1.13. The van der Waals surface area contributed by atoms with Crippen LogP contribution in [0.1, 0.15) is 26.3 Å². The molecule has 0 radical (unpaired) electrons. The average Bonchev–Trinajstić information content (AvgIpc) is 2.35. The fourth-order valence-corrected chi connectivity index (χ4v) is 1.66. The van der Waals surface area contributed by atoms with E-state index < -0.39 is 5.41 Å². The third-order valence-corrected chi connectivity index (χ3v) is 3.13. The molecule has 3 nitrogen and oxygen atoms in total. The Labute approximate surface area is 120 Å². The fourth-order valence-electron chi connectivity index (χ4n) is 1.66. The number of rotatable bonds is 5. The number of carbonyl (C=O) groups is 1. The molecule has 1 amide bonds. The maximum Gasteiger partial charge on any atom is 0.230 e. The zero-order valence-corrected chi connectivity index (χ0v) is 12.4. The summed E-state index contributed by atoms with van der Waals surface area (Å²) in [6, 6.07) is 6.35. The topological polar surface area (TPSA) is 55.1 Å². The summed E-state index contributed by atoms with van der Waals surface area (Å²) in [5.74, 6) is -0.331. The van der Waals surface area contributed by atoms with E-state index in [1.165, 1.54) is 6.07 Å². The van der Waals surface area contributed by atoms with Gasteiger partial charge in [0.25, 0.3) is 0 Å². The number of nitrogens with one attached hydrogen (secondary N) is 1. The Bertz CT molecular complexity index is 424. The van der Waals surface area contributed by atoms with Crippen molar-refractivity contribution in [3.8, 4) is 0 Å². The predicted octanol–water partition coefficient (Wildman–Crippen LogP) is 2.24. The average molecular weight is 289 g/mol. The first-order valence-corrected chi connectivity index (χ1v) is 6.13. The second kappa shape index (κ2) is 7.46. The van der Waals surface area contributed by atoms with Gasteiger partial charge in [0.05, 0.1) is 5.41 Å². The number of halogens is 2. The number of hydrogen-bond acceptors (Lipinski definition) is 2. The summed E-state index contributed by atoms with van der Waals surface area (Å²) in [6.07, 6.45) is 0. The van der Waals surface area contributed by atoms with Gasteiger partial charge in [-0.3, -0.25) is 4.79 Å². The van der Waals surface area contributed by atoms with Crippen LogP contribution in [-0.4, -0.2) is 19.0 Å². The Balaban J connectivity index is 0.00000324. The molecule has 0 aliphatic rings. The monoisotopic (exact) mass is 288 g/mol. The van der Waals surface area contributed by atoms with Crippen molar-refractivity contribution in [1.29, 1.82) is 0 Å². The van der Waals surface area contributed by atoms with Gasteiger partial charge < -0.3 is 11.1 Å². The highest BCUT2D eigenvalue weighted by molar-refractivity contribution is 5.87. The Morgan fingerprint density at radius 3 is 2.53 bits per heavy atom. The molecule has 0 spiro atoms. The van der Waals surface area contributed by atoms with Crippen molar-refractivity contribution in [3.05, 3.63) is 35.6 Å². The van der Waals surface area contributed by atoms with Crippen LogP contribution in [0.5, 0.6) is 0 Å². The van der Waals surface area contributed by atoms with Gasteiger partial charge in [0.1, 0.15) is 5.82 Å². The number of carbonyl (C=O) groups excluding carboxylic acids is 1. The Kier molecular flexibility index (Phi) is 7.01. The number of hydrogen-bond donors (Lipinski definition) is 2. The van der Waals surface area contributed by atoms with Crippen LogP contribution in [0.15, 0.2) is 24.3 Å². The molecule has 1 rings (SSSR count). The highest BCUT2D eigenvalue weighted by Gasteiger charge is 2.32. The number of amides is 1. The largest absolute Gasteiger partial charge is 0.355 e. The molecule has 5 heteroatoms. The summed E-state index contributed by atoms with van der Waals surface area (Å²) in [4.78, 5) is 12.1. The van der Waals surface area contributed by atoms with E-state index in [4.69, 9.17) is 5.73 Å². The highest BCUT2D eigenvalue weighted by Crippen LogP contribution is 2.25. The minimum atomic E-state index is -0.889. The number of benzene rings is 1. The second-order valence-corrected chi connectivity index (χ2v) is 5.16. The first-order valence-electron chi connectivity index (χ1n) is 6.13. The van der Waals surface area contributed by atoms with Crippen molar-refractivity contribution in [2.45, 2.75) is 26.2 Å². The van der Waals surface area contributed by atoms with Crippen molar-refractivity contribution in [2.24, 2.45) is 11.7 Å². The molecular formula is C14H22ClFN2O. The molecule has 0 heterocycles. The van der Waals surface area contributed by atoms with Gasteiger partial charge in [-0.15, -0.1) is 12.4 Å². The van der Waals surface area contributed by atoms with E-state index in [2.05, 4.69) is 5.32 Å². The van der Waals surface area contributed by atoms with Crippen molar-refractivity contribution in [3.63, 3.8) is 0 Å². The van der Waals surface area contributed by atoms with Crippen molar-refractivity contribution in [2.75, 3.05) is 13.1 Å². The minimum absolute atomic E-state index is 0. The molecule has 0 aromatic heterocycles. The first-order chi connectivity index (χ1) is 8.39. The van der Waals surface area contributed by atoms with Gasteiger partial charge in [-0.25, -0.2) is 4.39 Å². The molecule has 0 saturated heterocycles. The quantitative estimate of drug-likeness (QED) is 0.873. The van der Waals surface area contributed by atoms with Crippen LogP contribution < -0.4 is 11.1 Å². The lowest BCUT2D eigenvalue weighted by Gasteiger charge is -2.25. The maximum atomic E-state index is 13.7. The van der Waals surface area contributed by atoms with Crippen LogP contribution >= 0.6 is 12.4 Å². The molecule has 1 aromatic rings. The van der Waals surface area contributed by atoms with Crippen LogP contribution in [-0.2, 0) is 10.2 Å². The zero-order valence-electron chi connectivity index (χ0n) is 11.6. The molecule has 1 unspecified atom stereocenters. The molecule has 0 saturated carbocycles. The molecule has 0 aliphatic carbocycles. The van der Waals surface area contributed by atoms with E-state index in [0.29, 0.717) is 18.7 Å². The van der Waals surface area contributed by atoms with Gasteiger partial charge in [0, 0.05) is 12.1 Å². The summed E-state index contributed by atoms with van der Waals surface area (Å²) in [5, 5.41) is 2.81. The summed E-state index contributed by atoms with van der Waals surface area (Å²) in [6.45, 7) is 6.41. The van der Waals surface area contributed by atoms with Crippen LogP contribution in [0.4, 0.5) is 4.39 Å². The molecule has 0 fully saturated rings. The minimum Gasteiger partial charge on any atom is -0.355 e. The van der Waals surface area contributed by atoms with E-state index >= 15 is 0 Å². The lowest BCUT2D eigenvalue weighted by atomic mass is 9.83. The van der Waals surface area contributed by atoms with Crippen LogP contribution in [0.2, 0.25) is 0 Å². The standard InChI is InChI=1S/C14H21FN2O.ClH/c1-10(8-16)9-17-13(18)14(2,3)11-6-4-5-7-12(11)15;/h4-7,10H,8-9,16H2,1-3H3,(H,17,18);1H. The van der Waals surface area contributed by atoms with Gasteiger partial charge in [-0.1, -0.05) is 25.1 Å². The van der Waals surface area contributed by atoms with Crippen molar-refractivity contribution in [1.82, 2.24) is 5.32 Å². The normalized spacial score (nSPS) is 12.5. The Morgan fingerprint density at radius 1 is 1.42 bits per heavy atom. The molecule has 1 aromatic carbocycles. The summed E-state index contributed by atoms with van der Waals surface area (Å²) in [7, 11) is 0. The highest BCUT2D eigenvalue weighted by atomic mass is 35.5. The smallest absolute Gasteiger partial charge is 0.230 e. The van der Waals surface area contributed by atoms with Crippen molar-refractivity contribution >= 4 is 18.3 Å². The lowest BCUT2D eigenvalue weighted by Crippen LogP contribution is -2.43. The van der Waals surface area contributed by atoms with Crippen LogP contribution in [0, 0.1) is 11.7 Å². The van der Waals surface area contributed by atoms with E-state index in [1.807, 2.05) is 6.92 Å². The first kappa shape index (κ1) is 17.9. The molecule has 1 atom stereocenters. The van der Waals surface area contributed by atoms with Crippen LogP contribution in [0.3, 0.4) is 0 Å². The fraction of sp³-hybridized carbons (Fsp3) is 0.500. The van der Waals surface area contributed by atoms with Gasteiger partial charge in [-0.05, 0) is 32.4 Å². The van der Waals surface area contributed by atoms with Crippen LogP contribution in [0.25, 0.3) is 0 Å². The maximum absolute atomic E-state index is 13.7. The summed E-state index contributed by atoms with van der Waals surface area (Å²) in [5.41, 5.74) is 5.01.